The zero-order valence-corrected chi connectivity index (χ0v) is 11.7. The molecule has 0 bridgehead atoms. The van der Waals surface area contributed by atoms with Crippen molar-refractivity contribution < 1.29 is 8.42 Å². The van der Waals surface area contributed by atoms with Gasteiger partial charge in [-0.15, -0.1) is 10.2 Å². The Morgan fingerprint density at radius 1 is 1.24 bits per heavy atom. The van der Waals surface area contributed by atoms with Crippen LogP contribution in [0.2, 0.25) is 0 Å². The maximum absolute atomic E-state index is 12.0. The van der Waals surface area contributed by atoms with Gasteiger partial charge in [0.25, 0.3) is 0 Å². The summed E-state index contributed by atoms with van der Waals surface area (Å²) < 4.78 is 24.8. The lowest BCUT2D eigenvalue weighted by Crippen LogP contribution is -2.04. The molecule has 17 heavy (non-hydrogen) atoms. The molecule has 5 nitrogen and oxygen atoms in total. The van der Waals surface area contributed by atoms with Crippen LogP contribution in [-0.2, 0) is 15.6 Å². The van der Waals surface area contributed by atoms with E-state index in [9.17, 15) is 8.42 Å². The van der Waals surface area contributed by atoms with Crippen molar-refractivity contribution in [3.63, 3.8) is 0 Å². The molecule has 0 radical (unpaired) electrons. The second kappa shape index (κ2) is 4.71. The number of sulfone groups is 1. The average molecular weight is 334 g/mol. The van der Waals surface area contributed by atoms with Crippen molar-refractivity contribution in [3.05, 3.63) is 33.7 Å². The van der Waals surface area contributed by atoms with Crippen molar-refractivity contribution in [2.75, 3.05) is 5.73 Å². The highest BCUT2D eigenvalue weighted by atomic mass is 79.9. The van der Waals surface area contributed by atoms with Crippen molar-refractivity contribution in [1.29, 1.82) is 0 Å². The first-order valence-electron chi connectivity index (χ1n) is 4.53. The van der Waals surface area contributed by atoms with Gasteiger partial charge in [-0.2, -0.15) is 0 Å². The third kappa shape index (κ3) is 3.02. The molecular formula is C9H8BrN3O2S2. The van der Waals surface area contributed by atoms with Crippen LogP contribution in [0, 0.1) is 0 Å². The van der Waals surface area contributed by atoms with Gasteiger partial charge in [-0.25, -0.2) is 8.42 Å². The summed E-state index contributed by atoms with van der Waals surface area (Å²) in [5.41, 5.74) is 5.40. The van der Waals surface area contributed by atoms with E-state index in [0.29, 0.717) is 5.01 Å². The Bertz CT molecular complexity index is 622. The molecule has 90 valence electrons. The molecule has 0 fully saturated rings. The van der Waals surface area contributed by atoms with E-state index in [0.717, 1.165) is 15.8 Å². The molecule has 0 spiro atoms. The third-order valence-electron chi connectivity index (χ3n) is 1.97. The number of benzene rings is 1. The highest BCUT2D eigenvalue weighted by Gasteiger charge is 2.17. The van der Waals surface area contributed by atoms with Gasteiger partial charge >= 0.3 is 0 Å². The Balaban J connectivity index is 2.28. The van der Waals surface area contributed by atoms with E-state index in [1.165, 1.54) is 0 Å². The fraction of sp³-hybridized carbons (Fsp3) is 0.111. The van der Waals surface area contributed by atoms with Gasteiger partial charge in [0.05, 0.1) is 4.90 Å². The number of halogens is 1. The minimum atomic E-state index is -3.39. The lowest BCUT2D eigenvalue weighted by atomic mass is 10.4. The summed E-state index contributed by atoms with van der Waals surface area (Å²) in [4.78, 5) is 0.259. The van der Waals surface area contributed by atoms with Crippen molar-refractivity contribution in [2.45, 2.75) is 10.6 Å². The molecule has 0 saturated heterocycles. The highest BCUT2D eigenvalue weighted by Crippen LogP contribution is 2.21. The molecule has 0 saturated carbocycles. The average Bonchev–Trinajstić information content (AvgIpc) is 2.63. The predicted molar refractivity (Wildman–Crippen MR) is 69.4 cm³/mol. The van der Waals surface area contributed by atoms with Crippen molar-refractivity contribution in [3.8, 4) is 0 Å². The minimum absolute atomic E-state index is 0.177. The maximum Gasteiger partial charge on any atom is 0.203 e. The van der Waals surface area contributed by atoms with Crippen LogP contribution in [0.25, 0.3) is 0 Å². The number of aromatic nitrogens is 2. The summed E-state index contributed by atoms with van der Waals surface area (Å²) in [6.07, 6.45) is 0. The summed E-state index contributed by atoms with van der Waals surface area (Å²) >= 11 is 4.33. The summed E-state index contributed by atoms with van der Waals surface area (Å²) in [5.74, 6) is -0.177. The molecule has 0 aliphatic carbocycles. The Labute approximate surface area is 111 Å². The molecule has 1 aromatic heterocycles. The molecule has 2 N–H and O–H groups in total. The largest absolute Gasteiger partial charge is 0.374 e. The van der Waals surface area contributed by atoms with Crippen molar-refractivity contribution >= 4 is 42.2 Å². The number of anilines is 1. The van der Waals surface area contributed by atoms with Gasteiger partial charge in [0.1, 0.15) is 10.8 Å². The van der Waals surface area contributed by atoms with Crippen molar-refractivity contribution in [1.82, 2.24) is 10.2 Å². The van der Waals surface area contributed by atoms with E-state index in [1.54, 1.807) is 24.3 Å². The van der Waals surface area contributed by atoms with Gasteiger partial charge in [0.2, 0.25) is 5.13 Å². The van der Waals surface area contributed by atoms with Crippen molar-refractivity contribution in [2.24, 2.45) is 0 Å². The summed E-state index contributed by atoms with van der Waals surface area (Å²) in [7, 11) is -3.39. The molecule has 1 heterocycles. The molecule has 0 aliphatic heterocycles. The zero-order chi connectivity index (χ0) is 12.5. The topological polar surface area (TPSA) is 85.9 Å². The van der Waals surface area contributed by atoms with Gasteiger partial charge in [0, 0.05) is 4.47 Å². The smallest absolute Gasteiger partial charge is 0.203 e. The Kier molecular flexibility index (Phi) is 3.45. The first-order valence-corrected chi connectivity index (χ1v) is 7.80. The summed E-state index contributed by atoms with van der Waals surface area (Å²) in [6.45, 7) is 0. The lowest BCUT2D eigenvalue weighted by Gasteiger charge is -2.01. The van der Waals surface area contributed by atoms with E-state index >= 15 is 0 Å². The van der Waals surface area contributed by atoms with E-state index in [-0.39, 0.29) is 15.8 Å². The third-order valence-corrected chi connectivity index (χ3v) is 5.08. The quantitative estimate of drug-likeness (QED) is 0.926. The number of rotatable bonds is 3. The molecule has 0 unspecified atom stereocenters. The molecule has 0 aliphatic rings. The Morgan fingerprint density at radius 2 is 1.88 bits per heavy atom. The van der Waals surface area contributed by atoms with Crippen LogP contribution in [-0.4, -0.2) is 18.6 Å². The normalized spacial score (nSPS) is 11.6. The van der Waals surface area contributed by atoms with Gasteiger partial charge in [0.15, 0.2) is 9.84 Å². The zero-order valence-electron chi connectivity index (χ0n) is 8.50. The van der Waals surface area contributed by atoms with Crippen LogP contribution < -0.4 is 5.73 Å². The molecular weight excluding hydrogens is 326 g/mol. The van der Waals surface area contributed by atoms with Gasteiger partial charge in [-0.3, -0.25) is 0 Å². The molecule has 0 atom stereocenters. The van der Waals surface area contributed by atoms with E-state index in [2.05, 4.69) is 26.1 Å². The molecule has 8 heteroatoms. The van der Waals surface area contributed by atoms with Crippen LogP contribution in [0.15, 0.2) is 33.6 Å². The maximum atomic E-state index is 12.0. The molecule has 2 aromatic rings. The lowest BCUT2D eigenvalue weighted by molar-refractivity contribution is 0.595. The van der Waals surface area contributed by atoms with E-state index < -0.39 is 9.84 Å². The first-order chi connectivity index (χ1) is 7.97. The highest BCUT2D eigenvalue weighted by molar-refractivity contribution is 9.10. The molecule has 0 amide bonds. The predicted octanol–water partition coefficient (Wildman–Crippen LogP) is 1.86. The van der Waals surface area contributed by atoms with Gasteiger partial charge in [-0.1, -0.05) is 27.3 Å². The molecule has 1 aromatic carbocycles. The number of hydrogen-bond donors (Lipinski definition) is 1. The Morgan fingerprint density at radius 3 is 2.41 bits per heavy atom. The van der Waals surface area contributed by atoms with E-state index in [1.807, 2.05) is 0 Å². The summed E-state index contributed by atoms with van der Waals surface area (Å²) in [5, 5.41) is 7.95. The SMILES string of the molecule is Nc1nnc(CS(=O)(=O)c2ccc(Br)cc2)s1. The van der Waals surface area contributed by atoms with Gasteiger partial charge in [-0.05, 0) is 24.3 Å². The van der Waals surface area contributed by atoms with Crippen LogP contribution >= 0.6 is 27.3 Å². The second-order valence-corrected chi connectivity index (χ2v) is 7.25. The van der Waals surface area contributed by atoms with E-state index in [4.69, 9.17) is 5.73 Å². The van der Waals surface area contributed by atoms with Crippen LogP contribution in [0.3, 0.4) is 0 Å². The van der Waals surface area contributed by atoms with Crippen LogP contribution in [0.5, 0.6) is 0 Å². The second-order valence-electron chi connectivity index (χ2n) is 3.25. The number of nitrogen functional groups attached to an aromatic ring is 1. The van der Waals surface area contributed by atoms with Crippen LogP contribution in [0.4, 0.5) is 5.13 Å². The van der Waals surface area contributed by atoms with Gasteiger partial charge < -0.3 is 5.73 Å². The minimum Gasteiger partial charge on any atom is -0.374 e. The molecule has 2 rings (SSSR count). The van der Waals surface area contributed by atoms with Crippen LogP contribution in [0.1, 0.15) is 5.01 Å². The standard InChI is InChI=1S/C9H8BrN3O2S2/c10-6-1-3-7(4-2-6)17(14,15)5-8-12-13-9(11)16-8/h1-4H,5H2,(H2,11,13). The monoisotopic (exact) mass is 333 g/mol. The Hall–Kier alpha value is -0.990. The number of hydrogen-bond acceptors (Lipinski definition) is 6. The number of nitrogens with zero attached hydrogens (tertiary/aromatic N) is 2. The summed E-state index contributed by atoms with van der Waals surface area (Å²) in [6, 6.07) is 6.45. The fourth-order valence-corrected chi connectivity index (χ4v) is 3.68. The number of nitrogens with two attached hydrogens (primary N) is 1. The first kappa shape index (κ1) is 12.5. The fourth-order valence-electron chi connectivity index (χ4n) is 1.21.